The van der Waals surface area contributed by atoms with Gasteiger partial charge in [0.2, 0.25) is 5.91 Å². The lowest BCUT2D eigenvalue weighted by Crippen LogP contribution is -2.51. The van der Waals surface area contributed by atoms with Crippen LogP contribution >= 0.6 is 0 Å². The number of hydrogen-bond donors (Lipinski definition) is 0. The lowest BCUT2D eigenvalue weighted by Gasteiger charge is -2.38. The third-order valence-electron chi connectivity index (χ3n) is 5.37. The Hall–Kier alpha value is -1.89. The van der Waals surface area contributed by atoms with Gasteiger partial charge < -0.3 is 19.4 Å². The van der Waals surface area contributed by atoms with Crippen LogP contribution in [0.4, 0.5) is 11.5 Å². The maximum atomic E-state index is 12.3. The summed E-state index contributed by atoms with van der Waals surface area (Å²) in [6, 6.07) is 2.11. The van der Waals surface area contributed by atoms with E-state index in [4.69, 9.17) is 4.74 Å². The van der Waals surface area contributed by atoms with E-state index in [2.05, 4.69) is 26.1 Å². The second-order valence-electron chi connectivity index (χ2n) is 6.81. The summed E-state index contributed by atoms with van der Waals surface area (Å²) in [7, 11) is 0. The Morgan fingerprint density at radius 3 is 2.46 bits per heavy atom. The minimum atomic E-state index is 0.293. The molecule has 130 valence electrons. The van der Waals surface area contributed by atoms with Crippen LogP contribution in [0.1, 0.15) is 19.3 Å². The molecule has 2 aliphatic heterocycles. The highest BCUT2D eigenvalue weighted by Crippen LogP contribution is 2.29. The van der Waals surface area contributed by atoms with Gasteiger partial charge in [0.1, 0.15) is 0 Å². The van der Waals surface area contributed by atoms with Crippen LogP contribution in [0.3, 0.4) is 0 Å². The summed E-state index contributed by atoms with van der Waals surface area (Å²) >= 11 is 0. The molecule has 1 aromatic heterocycles. The average molecular weight is 331 g/mol. The Kier molecular flexibility index (Phi) is 4.51. The molecule has 1 amide bonds. The molecule has 0 unspecified atom stereocenters. The highest BCUT2D eigenvalue weighted by molar-refractivity contribution is 5.79. The van der Waals surface area contributed by atoms with Crippen molar-refractivity contribution in [2.45, 2.75) is 19.3 Å². The zero-order chi connectivity index (χ0) is 16.4. The molecule has 1 aromatic rings. The van der Waals surface area contributed by atoms with Crippen molar-refractivity contribution in [3.63, 3.8) is 0 Å². The van der Waals surface area contributed by atoms with Gasteiger partial charge in [-0.05, 0) is 12.8 Å². The molecule has 24 heavy (non-hydrogen) atoms. The number of piperazine rings is 1. The number of rotatable bonds is 3. The van der Waals surface area contributed by atoms with E-state index in [0.717, 1.165) is 76.8 Å². The lowest BCUT2D eigenvalue weighted by atomic mass is 9.84. The van der Waals surface area contributed by atoms with Gasteiger partial charge in [0.05, 0.1) is 25.1 Å². The van der Waals surface area contributed by atoms with Gasteiger partial charge in [0.25, 0.3) is 0 Å². The fourth-order valence-electron chi connectivity index (χ4n) is 3.56. The van der Waals surface area contributed by atoms with Crippen molar-refractivity contribution in [2.24, 2.45) is 5.92 Å². The first-order valence-corrected chi connectivity index (χ1v) is 9.00. The quantitative estimate of drug-likeness (QED) is 0.815. The van der Waals surface area contributed by atoms with Crippen molar-refractivity contribution < 1.29 is 9.53 Å². The average Bonchev–Trinajstić information content (AvgIpc) is 2.61. The van der Waals surface area contributed by atoms with Crippen LogP contribution in [-0.2, 0) is 9.53 Å². The number of nitrogens with zero attached hydrogens (tertiary/aromatic N) is 5. The molecule has 0 bridgehead atoms. The topological polar surface area (TPSA) is 61.8 Å². The Bertz CT molecular complexity index is 578. The number of anilines is 2. The van der Waals surface area contributed by atoms with Crippen LogP contribution in [0.5, 0.6) is 0 Å². The highest BCUT2D eigenvalue weighted by atomic mass is 16.5. The van der Waals surface area contributed by atoms with E-state index >= 15 is 0 Å². The lowest BCUT2D eigenvalue weighted by molar-refractivity contribution is -0.138. The van der Waals surface area contributed by atoms with E-state index in [9.17, 15) is 4.79 Å². The largest absolute Gasteiger partial charge is 0.378 e. The van der Waals surface area contributed by atoms with Crippen LogP contribution in [0.2, 0.25) is 0 Å². The van der Waals surface area contributed by atoms with Crippen molar-refractivity contribution in [3.05, 3.63) is 12.3 Å². The second-order valence-corrected chi connectivity index (χ2v) is 6.81. The zero-order valence-electron chi connectivity index (χ0n) is 14.1. The van der Waals surface area contributed by atoms with Crippen LogP contribution in [-0.4, -0.2) is 73.5 Å². The van der Waals surface area contributed by atoms with Crippen LogP contribution in [0, 0.1) is 5.92 Å². The zero-order valence-corrected chi connectivity index (χ0v) is 14.1. The molecule has 0 atom stereocenters. The summed E-state index contributed by atoms with van der Waals surface area (Å²) in [6.07, 6.45) is 5.18. The van der Waals surface area contributed by atoms with Gasteiger partial charge in [-0.3, -0.25) is 4.79 Å². The van der Waals surface area contributed by atoms with E-state index in [-0.39, 0.29) is 0 Å². The van der Waals surface area contributed by atoms with E-state index < -0.39 is 0 Å². The summed E-state index contributed by atoms with van der Waals surface area (Å²) in [5.74, 6) is 1.56. The molecule has 3 heterocycles. The normalized spacial score (nSPS) is 22.4. The molecule has 0 N–H and O–H groups in total. The molecule has 1 aliphatic carbocycles. The number of carbonyl (C=O) groups is 1. The summed E-state index contributed by atoms with van der Waals surface area (Å²) in [5.41, 5.74) is 1.11. The van der Waals surface area contributed by atoms with Crippen molar-refractivity contribution in [1.82, 2.24) is 15.1 Å². The minimum Gasteiger partial charge on any atom is -0.378 e. The van der Waals surface area contributed by atoms with Gasteiger partial charge in [0.15, 0.2) is 5.82 Å². The molecule has 0 aromatic carbocycles. The smallest absolute Gasteiger partial charge is 0.225 e. The SMILES string of the molecule is O=C(C1CCC1)N1CCN(c2cc(N3CCOCC3)cnn2)CC1. The minimum absolute atomic E-state index is 0.293. The summed E-state index contributed by atoms with van der Waals surface area (Å²) < 4.78 is 5.41. The molecule has 3 fully saturated rings. The number of morpholine rings is 1. The summed E-state index contributed by atoms with van der Waals surface area (Å²) in [4.78, 5) is 18.9. The van der Waals surface area contributed by atoms with E-state index in [1.165, 1.54) is 6.42 Å². The number of amides is 1. The van der Waals surface area contributed by atoms with Gasteiger partial charge >= 0.3 is 0 Å². The van der Waals surface area contributed by atoms with Crippen LogP contribution in [0.15, 0.2) is 12.3 Å². The molecule has 7 heteroatoms. The van der Waals surface area contributed by atoms with Crippen molar-refractivity contribution >= 4 is 17.4 Å². The molecule has 1 saturated carbocycles. The first kappa shape index (κ1) is 15.6. The maximum absolute atomic E-state index is 12.3. The molecular formula is C17H25N5O2. The third-order valence-corrected chi connectivity index (χ3v) is 5.37. The number of carbonyl (C=O) groups excluding carboxylic acids is 1. The molecule has 0 spiro atoms. The molecule has 7 nitrogen and oxygen atoms in total. The fourth-order valence-corrected chi connectivity index (χ4v) is 3.56. The predicted molar refractivity (Wildman–Crippen MR) is 91.2 cm³/mol. The monoisotopic (exact) mass is 331 g/mol. The van der Waals surface area contributed by atoms with Gasteiger partial charge in [-0.25, -0.2) is 0 Å². The van der Waals surface area contributed by atoms with Crippen molar-refractivity contribution in [3.8, 4) is 0 Å². The van der Waals surface area contributed by atoms with Gasteiger partial charge in [-0.1, -0.05) is 6.42 Å². The van der Waals surface area contributed by atoms with Gasteiger partial charge in [0, 0.05) is 51.3 Å². The van der Waals surface area contributed by atoms with E-state index in [1.54, 1.807) is 0 Å². The van der Waals surface area contributed by atoms with Crippen molar-refractivity contribution in [2.75, 3.05) is 62.3 Å². The van der Waals surface area contributed by atoms with E-state index in [1.807, 2.05) is 11.1 Å². The first-order valence-electron chi connectivity index (χ1n) is 9.00. The van der Waals surface area contributed by atoms with Crippen LogP contribution < -0.4 is 9.80 Å². The summed E-state index contributed by atoms with van der Waals surface area (Å²) in [6.45, 7) is 6.57. The Labute approximate surface area is 142 Å². The summed E-state index contributed by atoms with van der Waals surface area (Å²) in [5, 5.41) is 8.49. The number of aromatic nitrogens is 2. The highest BCUT2D eigenvalue weighted by Gasteiger charge is 2.31. The maximum Gasteiger partial charge on any atom is 0.225 e. The predicted octanol–water partition coefficient (Wildman–Crippen LogP) is 0.762. The number of hydrogen-bond acceptors (Lipinski definition) is 6. The van der Waals surface area contributed by atoms with Gasteiger partial charge in [-0.2, -0.15) is 5.10 Å². The molecule has 0 radical (unpaired) electrons. The molecular weight excluding hydrogens is 306 g/mol. The van der Waals surface area contributed by atoms with E-state index in [0.29, 0.717) is 11.8 Å². The third kappa shape index (κ3) is 3.17. The van der Waals surface area contributed by atoms with Crippen LogP contribution in [0.25, 0.3) is 0 Å². The molecule has 4 rings (SSSR count). The standard InChI is InChI=1S/C17H25N5O2/c23-17(14-2-1-3-14)22-6-4-21(5-7-22)16-12-15(13-18-19-16)20-8-10-24-11-9-20/h12-14H,1-11H2. The Morgan fingerprint density at radius 1 is 1.04 bits per heavy atom. The first-order chi connectivity index (χ1) is 11.8. The van der Waals surface area contributed by atoms with Crippen molar-refractivity contribution in [1.29, 1.82) is 0 Å². The fraction of sp³-hybridized carbons (Fsp3) is 0.706. The number of ether oxygens (including phenoxy) is 1. The molecule has 3 aliphatic rings. The Morgan fingerprint density at radius 2 is 1.79 bits per heavy atom. The molecule has 2 saturated heterocycles. The Balaban J connectivity index is 1.37. The second kappa shape index (κ2) is 6.93. The van der Waals surface area contributed by atoms with Gasteiger partial charge in [-0.15, -0.1) is 5.10 Å².